The summed E-state index contributed by atoms with van der Waals surface area (Å²) in [4.78, 5) is 21.0. The lowest BCUT2D eigenvalue weighted by atomic mass is 10.2. The lowest BCUT2D eigenvalue weighted by Crippen LogP contribution is -2.09. The number of aryl methyl sites for hydroxylation is 1. The van der Waals surface area contributed by atoms with E-state index in [0.29, 0.717) is 17.9 Å². The Labute approximate surface area is 164 Å². The molecule has 3 aromatic heterocycles. The Morgan fingerprint density at radius 3 is 2.86 bits per heavy atom. The highest BCUT2D eigenvalue weighted by atomic mass is 32.1. The highest BCUT2D eigenvalue weighted by molar-refractivity contribution is 7.22. The molecule has 0 aliphatic heterocycles. The fraction of sp³-hybridized carbons (Fsp3) is 0.150. The minimum atomic E-state index is -0.553. The van der Waals surface area contributed by atoms with E-state index in [-0.39, 0.29) is 11.7 Å². The number of anilines is 1. The monoisotopic (exact) mass is 396 g/mol. The molecule has 1 N–H and O–H groups in total. The predicted molar refractivity (Wildman–Crippen MR) is 107 cm³/mol. The van der Waals surface area contributed by atoms with Gasteiger partial charge in [-0.25, -0.2) is 9.37 Å². The predicted octanol–water partition coefficient (Wildman–Crippen LogP) is 4.98. The molecule has 4 rings (SSSR count). The second-order valence-electron chi connectivity index (χ2n) is 6.17. The number of ether oxygens (including phenoxy) is 1. The van der Waals surface area contributed by atoms with Crippen molar-refractivity contribution in [2.24, 2.45) is 7.05 Å². The minimum absolute atomic E-state index is 0.0810. The van der Waals surface area contributed by atoms with Crippen LogP contribution in [-0.4, -0.2) is 20.4 Å². The Morgan fingerprint density at radius 1 is 1.29 bits per heavy atom. The molecule has 0 aliphatic rings. The van der Waals surface area contributed by atoms with Gasteiger partial charge in [0.15, 0.2) is 11.6 Å². The molecule has 8 heteroatoms. The fourth-order valence-corrected chi connectivity index (χ4v) is 3.86. The number of fused-ring (bicyclic) bond motifs is 1. The Bertz CT molecular complexity index is 1170. The summed E-state index contributed by atoms with van der Waals surface area (Å²) in [5.74, 6) is -0.127. The molecule has 0 saturated carbocycles. The van der Waals surface area contributed by atoms with Crippen molar-refractivity contribution in [3.63, 3.8) is 0 Å². The van der Waals surface area contributed by atoms with Gasteiger partial charge in [-0.2, -0.15) is 0 Å². The van der Waals surface area contributed by atoms with Crippen LogP contribution in [0.5, 0.6) is 11.5 Å². The van der Waals surface area contributed by atoms with Crippen LogP contribution in [0.25, 0.3) is 20.8 Å². The van der Waals surface area contributed by atoms with E-state index < -0.39 is 5.82 Å². The molecule has 1 aromatic carbocycles. The van der Waals surface area contributed by atoms with Gasteiger partial charge in [0.25, 0.3) is 0 Å². The maximum Gasteiger partial charge on any atom is 0.224 e. The number of benzene rings is 1. The molecule has 1 amide bonds. The number of nitrogens with zero attached hydrogens (tertiary/aromatic N) is 3. The second kappa shape index (κ2) is 7.40. The van der Waals surface area contributed by atoms with E-state index in [0.717, 1.165) is 20.8 Å². The third-order valence-corrected chi connectivity index (χ3v) is 5.36. The number of aromatic nitrogens is 3. The molecule has 4 aromatic rings. The Kier molecular flexibility index (Phi) is 4.79. The van der Waals surface area contributed by atoms with Gasteiger partial charge in [0.2, 0.25) is 5.91 Å². The number of hydrogen-bond donors (Lipinski definition) is 1. The van der Waals surface area contributed by atoms with Crippen LogP contribution in [0.4, 0.5) is 10.1 Å². The van der Waals surface area contributed by atoms with Crippen molar-refractivity contribution in [2.45, 2.75) is 13.3 Å². The molecule has 0 bridgehead atoms. The van der Waals surface area contributed by atoms with Crippen molar-refractivity contribution in [2.75, 3.05) is 5.32 Å². The summed E-state index contributed by atoms with van der Waals surface area (Å²) in [6, 6.07) is 8.03. The number of rotatable bonds is 5. The van der Waals surface area contributed by atoms with Gasteiger partial charge in [0.05, 0.1) is 33.3 Å². The number of thiophene rings is 1. The molecule has 3 heterocycles. The first kappa shape index (κ1) is 18.1. The first-order valence-corrected chi connectivity index (χ1v) is 9.49. The average Bonchev–Trinajstić information content (AvgIpc) is 3.30. The van der Waals surface area contributed by atoms with E-state index in [9.17, 15) is 9.18 Å². The van der Waals surface area contributed by atoms with Crippen LogP contribution in [0.2, 0.25) is 0 Å². The molecule has 28 heavy (non-hydrogen) atoms. The Hall–Kier alpha value is -3.26. The van der Waals surface area contributed by atoms with Crippen LogP contribution in [-0.2, 0) is 11.8 Å². The zero-order valence-electron chi connectivity index (χ0n) is 15.3. The van der Waals surface area contributed by atoms with Crippen molar-refractivity contribution in [3.05, 3.63) is 54.9 Å². The zero-order chi connectivity index (χ0) is 19.7. The normalized spacial score (nSPS) is 11.0. The summed E-state index contributed by atoms with van der Waals surface area (Å²) in [5, 5.41) is 2.63. The number of carbonyl (C=O) groups is 1. The van der Waals surface area contributed by atoms with Gasteiger partial charge in [-0.15, -0.1) is 11.3 Å². The van der Waals surface area contributed by atoms with E-state index >= 15 is 0 Å². The van der Waals surface area contributed by atoms with E-state index in [2.05, 4.69) is 15.3 Å². The number of imidazole rings is 1. The van der Waals surface area contributed by atoms with Crippen molar-refractivity contribution in [1.82, 2.24) is 14.5 Å². The van der Waals surface area contributed by atoms with Crippen LogP contribution < -0.4 is 10.1 Å². The standard InChI is InChI=1S/C20H17FN4O2S/c1-3-19(26)24-12-4-5-16(13(21)8-12)27-17-6-7-23-14-9-18(28-20(14)17)15-10-22-11-25(15)2/h4-11H,3H2,1-2H3,(H,24,26). The molecule has 0 radical (unpaired) electrons. The zero-order valence-corrected chi connectivity index (χ0v) is 16.1. The molecule has 6 nitrogen and oxygen atoms in total. The maximum atomic E-state index is 14.5. The molecule has 0 spiro atoms. The van der Waals surface area contributed by atoms with Gasteiger partial charge in [0, 0.05) is 37.5 Å². The highest BCUT2D eigenvalue weighted by Gasteiger charge is 2.14. The third kappa shape index (κ3) is 3.46. The Balaban J connectivity index is 1.66. The topological polar surface area (TPSA) is 69.0 Å². The number of nitrogens with one attached hydrogen (secondary N) is 1. The number of amides is 1. The third-order valence-electron chi connectivity index (χ3n) is 4.20. The number of hydrogen-bond acceptors (Lipinski definition) is 5. The SMILES string of the molecule is CCC(=O)Nc1ccc(Oc2ccnc3cc(-c4cncn4C)sc23)c(F)c1. The van der Waals surface area contributed by atoms with Crippen molar-refractivity contribution in [3.8, 4) is 22.1 Å². The maximum absolute atomic E-state index is 14.5. The average molecular weight is 396 g/mol. The molecule has 0 aliphatic carbocycles. The van der Waals surface area contributed by atoms with Crippen LogP contribution in [0.3, 0.4) is 0 Å². The molecule has 0 unspecified atom stereocenters. The molecular formula is C20H17FN4O2S. The summed E-state index contributed by atoms with van der Waals surface area (Å²) in [7, 11) is 1.92. The second-order valence-corrected chi connectivity index (χ2v) is 7.23. The van der Waals surface area contributed by atoms with Gasteiger partial charge in [-0.05, 0) is 18.2 Å². The lowest BCUT2D eigenvalue weighted by molar-refractivity contribution is -0.115. The first-order chi connectivity index (χ1) is 13.5. The smallest absolute Gasteiger partial charge is 0.224 e. The van der Waals surface area contributed by atoms with Crippen molar-refractivity contribution in [1.29, 1.82) is 0 Å². The Morgan fingerprint density at radius 2 is 2.14 bits per heavy atom. The molecule has 0 fully saturated rings. The summed E-state index contributed by atoms with van der Waals surface area (Å²) in [6.45, 7) is 1.73. The number of halogens is 1. The lowest BCUT2D eigenvalue weighted by Gasteiger charge is -2.09. The fourth-order valence-electron chi connectivity index (χ4n) is 2.75. The molecule has 0 atom stereocenters. The van der Waals surface area contributed by atoms with Crippen LogP contribution in [0.15, 0.2) is 49.1 Å². The van der Waals surface area contributed by atoms with E-state index in [1.807, 2.05) is 17.7 Å². The van der Waals surface area contributed by atoms with Gasteiger partial charge in [0.1, 0.15) is 5.75 Å². The van der Waals surface area contributed by atoms with Crippen LogP contribution in [0.1, 0.15) is 13.3 Å². The van der Waals surface area contributed by atoms with E-state index in [1.54, 1.807) is 37.8 Å². The summed E-state index contributed by atoms with van der Waals surface area (Å²) in [6.07, 6.45) is 5.48. The first-order valence-electron chi connectivity index (χ1n) is 8.67. The minimum Gasteiger partial charge on any atom is -0.453 e. The number of carbonyl (C=O) groups excluding carboxylic acids is 1. The largest absolute Gasteiger partial charge is 0.453 e. The molecule has 0 saturated heterocycles. The van der Waals surface area contributed by atoms with Gasteiger partial charge in [-0.1, -0.05) is 6.92 Å². The van der Waals surface area contributed by atoms with E-state index in [4.69, 9.17) is 4.74 Å². The quantitative estimate of drug-likeness (QED) is 0.517. The summed E-state index contributed by atoms with van der Waals surface area (Å²) in [5.41, 5.74) is 2.13. The van der Waals surface area contributed by atoms with E-state index in [1.165, 1.54) is 23.5 Å². The molecular weight excluding hydrogens is 379 g/mol. The molecule has 142 valence electrons. The van der Waals surface area contributed by atoms with Crippen LogP contribution >= 0.6 is 11.3 Å². The number of pyridine rings is 1. The summed E-state index contributed by atoms with van der Waals surface area (Å²) >= 11 is 1.51. The van der Waals surface area contributed by atoms with Crippen molar-refractivity contribution >= 4 is 33.1 Å². The van der Waals surface area contributed by atoms with Crippen LogP contribution in [0, 0.1) is 5.82 Å². The van der Waals surface area contributed by atoms with Gasteiger partial charge < -0.3 is 14.6 Å². The summed E-state index contributed by atoms with van der Waals surface area (Å²) < 4.78 is 23.0. The van der Waals surface area contributed by atoms with Crippen molar-refractivity contribution < 1.29 is 13.9 Å². The van der Waals surface area contributed by atoms with Gasteiger partial charge in [-0.3, -0.25) is 9.78 Å². The highest BCUT2D eigenvalue weighted by Crippen LogP contribution is 2.39. The van der Waals surface area contributed by atoms with Gasteiger partial charge >= 0.3 is 0 Å².